The maximum absolute atomic E-state index is 12.7. The molecular formula is C23H29N5O3S2. The van der Waals surface area contributed by atoms with Crippen LogP contribution in [0, 0.1) is 0 Å². The zero-order chi connectivity index (χ0) is 23.8. The van der Waals surface area contributed by atoms with E-state index in [2.05, 4.69) is 10.3 Å². The molecule has 0 bridgehead atoms. The molecule has 1 aliphatic heterocycles. The second-order valence-electron chi connectivity index (χ2n) is 9.32. The molecular weight excluding hydrogens is 458 g/mol. The van der Waals surface area contributed by atoms with E-state index in [-0.39, 0.29) is 12.0 Å². The molecule has 0 fully saturated rings. The molecule has 0 aliphatic carbocycles. The highest BCUT2D eigenvalue weighted by atomic mass is 32.1. The largest absolute Gasteiger partial charge is 0.444 e. The molecule has 2 amide bonds. The van der Waals surface area contributed by atoms with Gasteiger partial charge >= 0.3 is 6.09 Å². The number of aromatic nitrogens is 2. The molecule has 176 valence electrons. The summed E-state index contributed by atoms with van der Waals surface area (Å²) in [5, 5.41) is 4.78. The van der Waals surface area contributed by atoms with Gasteiger partial charge in [-0.2, -0.15) is 0 Å². The molecule has 8 nitrogen and oxygen atoms in total. The van der Waals surface area contributed by atoms with Gasteiger partial charge in [-0.05, 0) is 52.9 Å². The number of ether oxygens (including phenoxy) is 1. The van der Waals surface area contributed by atoms with E-state index in [4.69, 9.17) is 9.72 Å². The zero-order valence-electron chi connectivity index (χ0n) is 19.6. The lowest BCUT2D eigenvalue weighted by Gasteiger charge is -2.30. The van der Waals surface area contributed by atoms with E-state index < -0.39 is 5.60 Å². The first-order valence-electron chi connectivity index (χ1n) is 10.9. The monoisotopic (exact) mass is 487 g/mol. The zero-order valence-corrected chi connectivity index (χ0v) is 21.2. The average molecular weight is 488 g/mol. The van der Waals surface area contributed by atoms with Gasteiger partial charge in [-0.25, -0.2) is 9.78 Å². The fraction of sp³-hybridized carbons (Fsp3) is 0.478. The number of thiophene rings is 1. The highest BCUT2D eigenvalue weighted by molar-refractivity contribution is 7.22. The Morgan fingerprint density at radius 1 is 1.27 bits per heavy atom. The predicted octanol–water partition coefficient (Wildman–Crippen LogP) is 4.60. The van der Waals surface area contributed by atoms with Gasteiger partial charge in [0.1, 0.15) is 21.1 Å². The molecule has 3 aromatic heterocycles. The smallest absolute Gasteiger partial charge is 0.410 e. The molecule has 0 saturated carbocycles. The van der Waals surface area contributed by atoms with Crippen LogP contribution in [0.3, 0.4) is 0 Å². The Morgan fingerprint density at radius 2 is 2.06 bits per heavy atom. The van der Waals surface area contributed by atoms with Crippen LogP contribution >= 0.6 is 22.7 Å². The van der Waals surface area contributed by atoms with Gasteiger partial charge in [0.2, 0.25) is 5.91 Å². The molecule has 3 aromatic rings. The molecule has 0 saturated heterocycles. The molecule has 33 heavy (non-hydrogen) atoms. The third-order valence-electron chi connectivity index (χ3n) is 5.15. The Bertz CT molecular complexity index is 1150. The van der Waals surface area contributed by atoms with Crippen LogP contribution < -0.4 is 5.32 Å². The van der Waals surface area contributed by atoms with Crippen molar-refractivity contribution in [2.75, 3.05) is 32.5 Å². The molecule has 4 heterocycles. The van der Waals surface area contributed by atoms with E-state index in [9.17, 15) is 9.59 Å². The van der Waals surface area contributed by atoms with E-state index in [1.165, 1.54) is 11.3 Å². The third-order valence-corrected chi connectivity index (χ3v) is 7.34. The van der Waals surface area contributed by atoms with Gasteiger partial charge in [0.15, 0.2) is 0 Å². The number of hydrogen-bond donors (Lipinski definition) is 1. The highest BCUT2D eigenvalue weighted by Crippen LogP contribution is 2.45. The van der Waals surface area contributed by atoms with E-state index in [1.807, 2.05) is 45.8 Å². The second-order valence-corrected chi connectivity index (χ2v) is 11.5. The van der Waals surface area contributed by atoms with Crippen LogP contribution in [0.25, 0.3) is 20.8 Å². The molecule has 0 unspecified atom stereocenters. The van der Waals surface area contributed by atoms with Crippen LogP contribution in [-0.2, 0) is 22.5 Å². The summed E-state index contributed by atoms with van der Waals surface area (Å²) in [6.45, 7) is 7.30. The standard InChI is InChI=1S/C23H29N5O3S2/c1-23(2,3)31-22(30)28-11-7-14-17(13-28)33-21(26-18(29)8-10-27(4)5)19(14)20-25-15-12-24-9-6-16(15)32-20/h6,9,12H,7-8,10-11,13H2,1-5H3,(H,26,29). The topological polar surface area (TPSA) is 87.7 Å². The fourth-order valence-electron chi connectivity index (χ4n) is 3.60. The number of rotatable bonds is 5. The highest BCUT2D eigenvalue weighted by Gasteiger charge is 2.31. The van der Waals surface area contributed by atoms with Crippen molar-refractivity contribution < 1.29 is 14.3 Å². The second kappa shape index (κ2) is 9.36. The number of nitrogens with zero attached hydrogens (tertiary/aromatic N) is 4. The number of nitrogens with one attached hydrogen (secondary N) is 1. The van der Waals surface area contributed by atoms with Crippen molar-refractivity contribution in [1.29, 1.82) is 0 Å². The predicted molar refractivity (Wildman–Crippen MR) is 133 cm³/mol. The van der Waals surface area contributed by atoms with Crippen molar-refractivity contribution in [2.24, 2.45) is 0 Å². The lowest BCUT2D eigenvalue weighted by atomic mass is 10.0. The number of thiazole rings is 1. The van der Waals surface area contributed by atoms with Crippen LogP contribution in [-0.4, -0.2) is 64.6 Å². The molecule has 0 radical (unpaired) electrons. The summed E-state index contributed by atoms with van der Waals surface area (Å²) >= 11 is 3.12. The summed E-state index contributed by atoms with van der Waals surface area (Å²) in [5.41, 5.74) is 2.42. The number of carbonyl (C=O) groups excluding carboxylic acids is 2. The van der Waals surface area contributed by atoms with Gasteiger partial charge in [0.05, 0.1) is 17.4 Å². The quantitative estimate of drug-likeness (QED) is 0.566. The van der Waals surface area contributed by atoms with Gasteiger partial charge in [0, 0.05) is 36.1 Å². The lowest BCUT2D eigenvalue weighted by molar-refractivity contribution is -0.116. The molecule has 1 aliphatic rings. The number of hydrogen-bond acceptors (Lipinski definition) is 8. The number of amides is 2. The Morgan fingerprint density at radius 3 is 2.76 bits per heavy atom. The van der Waals surface area contributed by atoms with Gasteiger partial charge < -0.3 is 19.9 Å². The number of fused-ring (bicyclic) bond motifs is 2. The third kappa shape index (κ3) is 5.51. The molecule has 10 heteroatoms. The normalized spacial score (nSPS) is 13.9. The van der Waals surface area contributed by atoms with Crippen molar-refractivity contribution in [3.63, 3.8) is 0 Å². The summed E-state index contributed by atoms with van der Waals surface area (Å²) in [7, 11) is 3.89. The van der Waals surface area contributed by atoms with E-state index in [1.54, 1.807) is 28.6 Å². The summed E-state index contributed by atoms with van der Waals surface area (Å²) in [6, 6.07) is 1.95. The number of pyridine rings is 1. The summed E-state index contributed by atoms with van der Waals surface area (Å²) in [5.74, 6) is -0.0321. The van der Waals surface area contributed by atoms with Crippen LogP contribution in [0.1, 0.15) is 37.6 Å². The van der Waals surface area contributed by atoms with Crippen molar-refractivity contribution in [1.82, 2.24) is 19.8 Å². The van der Waals surface area contributed by atoms with Crippen molar-refractivity contribution in [3.05, 3.63) is 28.9 Å². The van der Waals surface area contributed by atoms with Crippen molar-refractivity contribution in [3.8, 4) is 10.6 Å². The molecule has 1 N–H and O–H groups in total. The Labute approximate surface area is 201 Å². The SMILES string of the molecule is CN(C)CCC(=O)Nc1sc2c(c1-c1nc3cnccc3s1)CCN(C(=O)OC(C)(C)C)C2. The van der Waals surface area contributed by atoms with Gasteiger partial charge in [-0.1, -0.05) is 0 Å². The first-order valence-corrected chi connectivity index (χ1v) is 12.5. The Kier molecular flexibility index (Phi) is 6.69. The number of carbonyl (C=O) groups is 2. The van der Waals surface area contributed by atoms with Crippen LogP contribution in [0.5, 0.6) is 0 Å². The molecule has 0 spiro atoms. The average Bonchev–Trinajstić information content (AvgIpc) is 3.30. The fourth-order valence-corrected chi connectivity index (χ4v) is 5.96. The minimum atomic E-state index is -0.543. The minimum absolute atomic E-state index is 0.0321. The summed E-state index contributed by atoms with van der Waals surface area (Å²) in [4.78, 5) is 39.1. The maximum Gasteiger partial charge on any atom is 0.410 e. The maximum atomic E-state index is 12.7. The minimum Gasteiger partial charge on any atom is -0.444 e. The van der Waals surface area contributed by atoms with Crippen LogP contribution in [0.2, 0.25) is 0 Å². The van der Waals surface area contributed by atoms with Gasteiger partial charge in [-0.15, -0.1) is 22.7 Å². The Balaban J connectivity index is 1.67. The van der Waals surface area contributed by atoms with Gasteiger partial charge in [0.25, 0.3) is 0 Å². The van der Waals surface area contributed by atoms with E-state index in [0.29, 0.717) is 32.5 Å². The Hall–Kier alpha value is -2.56. The summed E-state index contributed by atoms with van der Waals surface area (Å²) < 4.78 is 6.62. The number of anilines is 1. The molecule has 0 aromatic carbocycles. The van der Waals surface area contributed by atoms with Crippen molar-refractivity contribution in [2.45, 2.75) is 45.8 Å². The first-order chi connectivity index (χ1) is 15.6. The van der Waals surface area contributed by atoms with Crippen molar-refractivity contribution >= 4 is 49.9 Å². The van der Waals surface area contributed by atoms with E-state index >= 15 is 0 Å². The van der Waals surface area contributed by atoms with Crippen LogP contribution in [0.4, 0.5) is 9.80 Å². The van der Waals surface area contributed by atoms with E-state index in [0.717, 1.165) is 36.2 Å². The molecule has 4 rings (SSSR count). The van der Waals surface area contributed by atoms with Gasteiger partial charge in [-0.3, -0.25) is 9.78 Å². The first kappa shape index (κ1) is 23.6. The lowest BCUT2D eigenvalue weighted by Crippen LogP contribution is -2.39. The summed E-state index contributed by atoms with van der Waals surface area (Å²) in [6.07, 6.45) is 4.29. The molecule has 0 atom stereocenters. The van der Waals surface area contributed by atoms with Crippen LogP contribution in [0.15, 0.2) is 18.5 Å².